The highest BCUT2D eigenvalue weighted by Gasteiger charge is 2.35. The van der Waals surface area contributed by atoms with Crippen LogP contribution in [-0.2, 0) is 5.41 Å². The Balaban J connectivity index is 1.49. The first-order valence-electron chi connectivity index (χ1n) is 11.9. The third kappa shape index (κ3) is 2.15. The summed E-state index contributed by atoms with van der Waals surface area (Å²) in [5.41, 5.74) is 7.24. The lowest BCUT2D eigenvalue weighted by Gasteiger charge is -2.22. The summed E-state index contributed by atoms with van der Waals surface area (Å²) in [4.78, 5) is 0. The molecule has 0 unspecified atom stereocenters. The number of benzene rings is 6. The van der Waals surface area contributed by atoms with Gasteiger partial charge in [0.2, 0.25) is 0 Å². The molecule has 0 atom stereocenters. The molecule has 0 spiro atoms. The fourth-order valence-electron chi connectivity index (χ4n) is 6.35. The van der Waals surface area contributed by atoms with Gasteiger partial charge in [-0.15, -0.1) is 0 Å². The van der Waals surface area contributed by atoms with Gasteiger partial charge in [-0.2, -0.15) is 0 Å². The van der Waals surface area contributed by atoms with E-state index in [-0.39, 0.29) is 5.41 Å². The highest BCUT2D eigenvalue weighted by Crippen LogP contribution is 2.52. The maximum absolute atomic E-state index is 6.08. The summed E-state index contributed by atoms with van der Waals surface area (Å²) in [6, 6.07) is 35.5. The van der Waals surface area contributed by atoms with Gasteiger partial charge in [0.05, 0.1) is 0 Å². The van der Waals surface area contributed by atoms with Crippen LogP contribution < -0.4 is 0 Å². The zero-order valence-electron chi connectivity index (χ0n) is 19.1. The van der Waals surface area contributed by atoms with Crippen LogP contribution in [0.5, 0.6) is 0 Å². The van der Waals surface area contributed by atoms with Gasteiger partial charge in [0, 0.05) is 16.2 Å². The van der Waals surface area contributed by atoms with E-state index >= 15 is 0 Å². The van der Waals surface area contributed by atoms with Gasteiger partial charge in [-0.1, -0.05) is 86.6 Å². The van der Waals surface area contributed by atoms with Crippen LogP contribution in [0.25, 0.3) is 65.4 Å². The van der Waals surface area contributed by atoms with Crippen molar-refractivity contribution in [3.63, 3.8) is 0 Å². The number of rotatable bonds is 1. The Hall–Kier alpha value is -4.10. The van der Waals surface area contributed by atoms with E-state index in [0.29, 0.717) is 0 Å². The monoisotopic (exact) mass is 434 g/mol. The highest BCUT2D eigenvalue weighted by molar-refractivity contribution is 6.24. The van der Waals surface area contributed by atoms with Gasteiger partial charge >= 0.3 is 0 Å². The van der Waals surface area contributed by atoms with Gasteiger partial charge in [0.15, 0.2) is 0 Å². The van der Waals surface area contributed by atoms with Crippen molar-refractivity contribution in [1.29, 1.82) is 0 Å². The largest absolute Gasteiger partial charge is 0.456 e. The quantitative estimate of drug-likeness (QED) is 0.235. The minimum Gasteiger partial charge on any atom is -0.456 e. The first-order chi connectivity index (χ1) is 16.6. The number of fused-ring (bicyclic) bond motifs is 5. The van der Waals surface area contributed by atoms with Crippen molar-refractivity contribution in [2.24, 2.45) is 0 Å². The SMILES string of the molecule is CC1(C)c2ccc(-c3ccc4oc5ccccc5c4c3)c3ccc4c5ccccc5cc1c4c23. The van der Waals surface area contributed by atoms with Crippen molar-refractivity contribution in [3.8, 4) is 11.1 Å². The minimum atomic E-state index is -0.0204. The lowest BCUT2D eigenvalue weighted by atomic mass is 9.80. The molecule has 0 radical (unpaired) electrons. The van der Waals surface area contributed by atoms with E-state index < -0.39 is 0 Å². The normalized spacial score (nSPS) is 14.4. The summed E-state index contributed by atoms with van der Waals surface area (Å²) < 4.78 is 6.08. The molecule has 1 aliphatic carbocycles. The Kier molecular flexibility index (Phi) is 3.27. The highest BCUT2D eigenvalue weighted by atomic mass is 16.3. The molecule has 1 aliphatic rings. The molecular formula is C33H22O. The molecule has 0 saturated heterocycles. The maximum atomic E-state index is 6.08. The van der Waals surface area contributed by atoms with Crippen molar-refractivity contribution in [1.82, 2.24) is 0 Å². The molecule has 0 aliphatic heterocycles. The summed E-state index contributed by atoms with van der Waals surface area (Å²) in [7, 11) is 0. The van der Waals surface area contributed by atoms with E-state index in [9.17, 15) is 0 Å². The van der Waals surface area contributed by atoms with Crippen LogP contribution in [0, 0.1) is 0 Å². The van der Waals surface area contributed by atoms with Gasteiger partial charge in [0.25, 0.3) is 0 Å². The Labute approximate surface area is 197 Å². The van der Waals surface area contributed by atoms with Crippen LogP contribution in [0.15, 0.2) is 101 Å². The predicted molar refractivity (Wildman–Crippen MR) is 144 cm³/mol. The van der Waals surface area contributed by atoms with E-state index in [4.69, 9.17) is 4.42 Å². The molecule has 8 rings (SSSR count). The van der Waals surface area contributed by atoms with Crippen molar-refractivity contribution in [3.05, 3.63) is 108 Å². The molecule has 0 fully saturated rings. The Morgan fingerprint density at radius 3 is 2.18 bits per heavy atom. The fourth-order valence-corrected chi connectivity index (χ4v) is 6.35. The van der Waals surface area contributed by atoms with Crippen molar-refractivity contribution in [2.45, 2.75) is 19.3 Å². The second-order valence-electron chi connectivity index (χ2n) is 10.2. The predicted octanol–water partition coefficient (Wildman–Crippen LogP) is 9.35. The second kappa shape index (κ2) is 6.07. The van der Waals surface area contributed by atoms with Crippen LogP contribution >= 0.6 is 0 Å². The minimum absolute atomic E-state index is 0.0204. The molecule has 1 heterocycles. The van der Waals surface area contributed by atoms with Crippen LogP contribution in [0.3, 0.4) is 0 Å². The van der Waals surface area contributed by atoms with E-state index in [2.05, 4.69) is 98.8 Å². The molecule has 0 N–H and O–H groups in total. The molecule has 1 nitrogen and oxygen atoms in total. The van der Waals surface area contributed by atoms with Crippen LogP contribution in [-0.4, -0.2) is 0 Å². The molecular weight excluding hydrogens is 412 g/mol. The van der Waals surface area contributed by atoms with Crippen molar-refractivity contribution < 1.29 is 4.42 Å². The van der Waals surface area contributed by atoms with Crippen molar-refractivity contribution >= 4 is 54.3 Å². The van der Waals surface area contributed by atoms with Crippen LogP contribution in [0.4, 0.5) is 0 Å². The van der Waals surface area contributed by atoms with E-state index in [1.807, 2.05) is 12.1 Å². The van der Waals surface area contributed by atoms with E-state index in [0.717, 1.165) is 11.2 Å². The average molecular weight is 435 g/mol. The molecule has 0 saturated carbocycles. The summed E-state index contributed by atoms with van der Waals surface area (Å²) >= 11 is 0. The maximum Gasteiger partial charge on any atom is 0.135 e. The molecule has 160 valence electrons. The van der Waals surface area contributed by atoms with Gasteiger partial charge < -0.3 is 4.42 Å². The standard InChI is InChI=1S/C33H22O/c1-33(2)27-15-14-22(20-11-16-30-26(17-20)23-9-5-6-10-29(23)34-30)25-13-12-24-21-8-4-3-7-19(21)18-28(33)32(24)31(25)27/h3-18H,1-2H3. The molecule has 34 heavy (non-hydrogen) atoms. The number of hydrogen-bond acceptors (Lipinski definition) is 1. The molecule has 0 bridgehead atoms. The number of para-hydroxylation sites is 1. The zero-order valence-corrected chi connectivity index (χ0v) is 19.1. The number of furan rings is 1. The van der Waals surface area contributed by atoms with Crippen LogP contribution in [0.2, 0.25) is 0 Å². The van der Waals surface area contributed by atoms with Gasteiger partial charge in [-0.25, -0.2) is 0 Å². The first-order valence-corrected chi connectivity index (χ1v) is 11.9. The molecule has 1 aromatic heterocycles. The smallest absolute Gasteiger partial charge is 0.135 e. The molecule has 0 amide bonds. The van der Waals surface area contributed by atoms with Crippen molar-refractivity contribution in [2.75, 3.05) is 0 Å². The Bertz CT molecular complexity index is 1980. The van der Waals surface area contributed by atoms with Gasteiger partial charge in [-0.05, 0) is 78.8 Å². The summed E-state index contributed by atoms with van der Waals surface area (Å²) in [5, 5.41) is 10.5. The van der Waals surface area contributed by atoms with E-state index in [1.165, 1.54) is 65.3 Å². The fraction of sp³-hybridized carbons (Fsp3) is 0.0909. The molecule has 1 heteroatoms. The Morgan fingerprint density at radius 1 is 0.529 bits per heavy atom. The second-order valence-corrected chi connectivity index (χ2v) is 10.2. The first kappa shape index (κ1) is 18.3. The molecule has 7 aromatic rings. The van der Waals surface area contributed by atoms with Gasteiger partial charge in [0.1, 0.15) is 11.2 Å². The summed E-state index contributed by atoms with van der Waals surface area (Å²) in [5.74, 6) is 0. The third-order valence-corrected chi connectivity index (χ3v) is 8.04. The van der Waals surface area contributed by atoms with E-state index in [1.54, 1.807) is 0 Å². The zero-order chi connectivity index (χ0) is 22.6. The van der Waals surface area contributed by atoms with Crippen LogP contribution in [0.1, 0.15) is 25.0 Å². The lowest BCUT2D eigenvalue weighted by Crippen LogP contribution is -2.15. The molecule has 6 aromatic carbocycles. The third-order valence-electron chi connectivity index (χ3n) is 8.04. The lowest BCUT2D eigenvalue weighted by molar-refractivity contribution is 0.663. The summed E-state index contributed by atoms with van der Waals surface area (Å²) in [6.45, 7) is 4.74. The summed E-state index contributed by atoms with van der Waals surface area (Å²) in [6.07, 6.45) is 0. The Morgan fingerprint density at radius 2 is 1.26 bits per heavy atom. The topological polar surface area (TPSA) is 13.1 Å². The van der Waals surface area contributed by atoms with Gasteiger partial charge in [-0.3, -0.25) is 0 Å². The average Bonchev–Trinajstić information content (AvgIpc) is 3.35. The number of hydrogen-bond donors (Lipinski definition) is 0.